The Kier molecular flexibility index (Phi) is 5.45. The predicted molar refractivity (Wildman–Crippen MR) is 95.6 cm³/mol. The van der Waals surface area contributed by atoms with E-state index in [1.165, 1.54) is 0 Å². The number of aromatic nitrogens is 2. The Hall–Kier alpha value is -1.85. The van der Waals surface area contributed by atoms with Crippen LogP contribution in [0.3, 0.4) is 0 Å². The van der Waals surface area contributed by atoms with E-state index in [9.17, 15) is 9.59 Å². The Morgan fingerprint density at radius 2 is 2.00 bits per heavy atom. The summed E-state index contributed by atoms with van der Waals surface area (Å²) in [5.41, 5.74) is 2.18. The van der Waals surface area contributed by atoms with Crippen LogP contribution in [0, 0.1) is 11.8 Å². The second-order valence-electron chi connectivity index (χ2n) is 7.35. The highest BCUT2D eigenvalue weighted by atomic mass is 16.2. The van der Waals surface area contributed by atoms with Crippen LogP contribution in [-0.4, -0.2) is 32.8 Å². The number of amides is 2. The summed E-state index contributed by atoms with van der Waals surface area (Å²) in [4.78, 5) is 31.4. The van der Waals surface area contributed by atoms with Gasteiger partial charge < -0.3 is 14.8 Å². The third-order valence-corrected chi connectivity index (χ3v) is 5.89. The van der Waals surface area contributed by atoms with Gasteiger partial charge in [0.2, 0.25) is 11.8 Å². The predicted octanol–water partition coefficient (Wildman–Crippen LogP) is 2.16. The van der Waals surface area contributed by atoms with E-state index >= 15 is 0 Å². The van der Waals surface area contributed by atoms with E-state index in [0.29, 0.717) is 13.1 Å². The summed E-state index contributed by atoms with van der Waals surface area (Å²) in [6.07, 6.45) is 5.76. The van der Waals surface area contributed by atoms with E-state index in [0.717, 1.165) is 62.3 Å². The zero-order valence-corrected chi connectivity index (χ0v) is 15.7. The van der Waals surface area contributed by atoms with Crippen LogP contribution in [0.4, 0.5) is 0 Å². The van der Waals surface area contributed by atoms with Crippen molar-refractivity contribution in [2.45, 2.75) is 65.5 Å². The Morgan fingerprint density at radius 3 is 2.60 bits per heavy atom. The average molecular weight is 346 g/mol. The van der Waals surface area contributed by atoms with Crippen LogP contribution in [0.5, 0.6) is 0 Å². The van der Waals surface area contributed by atoms with Gasteiger partial charge in [0.25, 0.3) is 0 Å². The van der Waals surface area contributed by atoms with Crippen molar-refractivity contribution in [1.82, 2.24) is 19.8 Å². The van der Waals surface area contributed by atoms with Crippen molar-refractivity contribution in [3.05, 3.63) is 17.2 Å². The molecule has 0 unspecified atom stereocenters. The van der Waals surface area contributed by atoms with Crippen molar-refractivity contribution in [2.75, 3.05) is 6.54 Å². The summed E-state index contributed by atoms with van der Waals surface area (Å²) in [7, 11) is 1.99. The number of nitrogens with one attached hydrogen (secondary N) is 1. The monoisotopic (exact) mass is 346 g/mol. The van der Waals surface area contributed by atoms with Crippen molar-refractivity contribution in [3.63, 3.8) is 0 Å². The Labute approximate surface area is 150 Å². The average Bonchev–Trinajstić information content (AvgIpc) is 2.88. The highest BCUT2D eigenvalue weighted by Crippen LogP contribution is 2.26. The Bertz CT molecular complexity index is 644. The number of carbonyl (C=O) groups excluding carboxylic acids is 2. The fourth-order valence-electron chi connectivity index (χ4n) is 3.77. The zero-order valence-electron chi connectivity index (χ0n) is 15.7. The summed E-state index contributed by atoms with van der Waals surface area (Å²) in [6.45, 7) is 6.00. The standard InChI is InChI=1S/C19H30N4O2/c1-4-13(5-2)19(25)23-10-9-15-16(12-23)22(3)17(21-15)11-20-18(24)14-7-6-8-14/h13-14H,4-12H2,1-3H3,(H,20,24). The molecule has 0 saturated heterocycles. The number of rotatable bonds is 6. The fraction of sp³-hybridized carbons (Fsp3) is 0.737. The van der Waals surface area contributed by atoms with E-state index in [4.69, 9.17) is 4.98 Å². The van der Waals surface area contributed by atoms with Gasteiger partial charge in [-0.25, -0.2) is 4.98 Å². The SMILES string of the molecule is CCC(CC)C(=O)N1CCc2nc(CNC(=O)C3CCC3)n(C)c2C1. The molecule has 1 aliphatic carbocycles. The lowest BCUT2D eigenvalue weighted by molar-refractivity contribution is -0.136. The van der Waals surface area contributed by atoms with Crippen LogP contribution in [-0.2, 0) is 36.1 Å². The highest BCUT2D eigenvalue weighted by molar-refractivity contribution is 5.79. The molecule has 1 saturated carbocycles. The third-order valence-electron chi connectivity index (χ3n) is 5.89. The largest absolute Gasteiger partial charge is 0.349 e. The number of hydrogen-bond acceptors (Lipinski definition) is 3. The molecule has 0 radical (unpaired) electrons. The van der Waals surface area contributed by atoms with E-state index < -0.39 is 0 Å². The van der Waals surface area contributed by atoms with Crippen LogP contribution >= 0.6 is 0 Å². The lowest BCUT2D eigenvalue weighted by Crippen LogP contribution is -2.40. The lowest BCUT2D eigenvalue weighted by Gasteiger charge is -2.30. The highest BCUT2D eigenvalue weighted by Gasteiger charge is 2.29. The molecule has 6 nitrogen and oxygen atoms in total. The molecule has 25 heavy (non-hydrogen) atoms. The minimum absolute atomic E-state index is 0.121. The van der Waals surface area contributed by atoms with Gasteiger partial charge in [-0.3, -0.25) is 9.59 Å². The van der Waals surface area contributed by atoms with Crippen LogP contribution in [0.1, 0.15) is 63.2 Å². The van der Waals surface area contributed by atoms with Gasteiger partial charge in [0.1, 0.15) is 5.82 Å². The fourth-order valence-corrected chi connectivity index (χ4v) is 3.77. The van der Waals surface area contributed by atoms with Gasteiger partial charge in [-0.05, 0) is 25.7 Å². The van der Waals surface area contributed by atoms with E-state index in [2.05, 4.69) is 23.7 Å². The smallest absolute Gasteiger partial charge is 0.226 e. The molecule has 1 aromatic rings. The lowest BCUT2D eigenvalue weighted by atomic mass is 9.85. The molecule has 0 bridgehead atoms. The Balaban J connectivity index is 1.65. The van der Waals surface area contributed by atoms with Crippen molar-refractivity contribution >= 4 is 11.8 Å². The summed E-state index contributed by atoms with van der Waals surface area (Å²) >= 11 is 0. The maximum atomic E-state index is 12.7. The number of nitrogens with zero attached hydrogens (tertiary/aromatic N) is 3. The Morgan fingerprint density at radius 1 is 1.28 bits per heavy atom. The maximum absolute atomic E-state index is 12.7. The molecule has 0 aromatic carbocycles. The van der Waals surface area contributed by atoms with Crippen molar-refractivity contribution in [2.24, 2.45) is 18.9 Å². The summed E-state index contributed by atoms with van der Waals surface area (Å²) < 4.78 is 2.06. The number of imidazole rings is 1. The quantitative estimate of drug-likeness (QED) is 0.858. The zero-order chi connectivity index (χ0) is 18.0. The van der Waals surface area contributed by atoms with E-state index in [1.54, 1.807) is 0 Å². The number of fused-ring (bicyclic) bond motifs is 1. The first kappa shape index (κ1) is 18.0. The van der Waals surface area contributed by atoms with Crippen molar-refractivity contribution in [1.29, 1.82) is 0 Å². The molecule has 1 aromatic heterocycles. The summed E-state index contributed by atoms with van der Waals surface area (Å²) in [6, 6.07) is 0. The molecule has 3 rings (SSSR count). The van der Waals surface area contributed by atoms with Gasteiger partial charge >= 0.3 is 0 Å². The minimum Gasteiger partial charge on any atom is -0.349 e. The van der Waals surface area contributed by atoms with Crippen molar-refractivity contribution in [3.8, 4) is 0 Å². The molecule has 0 spiro atoms. The van der Waals surface area contributed by atoms with Gasteiger partial charge in [0.15, 0.2) is 0 Å². The molecular weight excluding hydrogens is 316 g/mol. The second-order valence-corrected chi connectivity index (χ2v) is 7.35. The first-order valence-electron chi connectivity index (χ1n) is 9.64. The van der Waals surface area contributed by atoms with Crippen LogP contribution < -0.4 is 5.32 Å². The normalized spacial score (nSPS) is 17.4. The molecular formula is C19H30N4O2. The topological polar surface area (TPSA) is 67.2 Å². The molecule has 1 fully saturated rings. The third kappa shape index (κ3) is 3.58. The first-order chi connectivity index (χ1) is 12.0. The molecule has 0 atom stereocenters. The van der Waals surface area contributed by atoms with E-state index in [-0.39, 0.29) is 23.7 Å². The minimum atomic E-state index is 0.121. The molecule has 1 N–H and O–H groups in total. The maximum Gasteiger partial charge on any atom is 0.226 e. The summed E-state index contributed by atoms with van der Waals surface area (Å²) in [5, 5.41) is 3.02. The van der Waals surface area contributed by atoms with Gasteiger partial charge in [0, 0.05) is 31.8 Å². The van der Waals surface area contributed by atoms with Crippen molar-refractivity contribution < 1.29 is 9.59 Å². The molecule has 2 aliphatic rings. The van der Waals surface area contributed by atoms with Gasteiger partial charge in [0.05, 0.1) is 24.5 Å². The van der Waals surface area contributed by atoms with Gasteiger partial charge in [-0.15, -0.1) is 0 Å². The molecule has 1 aliphatic heterocycles. The van der Waals surface area contributed by atoms with Gasteiger partial charge in [-0.2, -0.15) is 0 Å². The molecule has 6 heteroatoms. The van der Waals surface area contributed by atoms with Crippen LogP contribution in [0.25, 0.3) is 0 Å². The second kappa shape index (κ2) is 7.58. The van der Waals surface area contributed by atoms with E-state index in [1.807, 2.05) is 11.9 Å². The van der Waals surface area contributed by atoms with Gasteiger partial charge in [-0.1, -0.05) is 20.3 Å². The molecule has 2 amide bonds. The first-order valence-corrected chi connectivity index (χ1v) is 9.64. The van der Waals surface area contributed by atoms with Crippen LogP contribution in [0.15, 0.2) is 0 Å². The molecule has 2 heterocycles. The molecule has 138 valence electrons. The van der Waals surface area contributed by atoms with Crippen LogP contribution in [0.2, 0.25) is 0 Å². The number of carbonyl (C=O) groups is 2. The summed E-state index contributed by atoms with van der Waals surface area (Å²) in [5.74, 6) is 1.61. The number of hydrogen-bond donors (Lipinski definition) is 1.